The molecular formula is C26H28N4O3. The van der Waals surface area contributed by atoms with E-state index in [0.717, 1.165) is 17.0 Å². The predicted molar refractivity (Wildman–Crippen MR) is 127 cm³/mol. The summed E-state index contributed by atoms with van der Waals surface area (Å²) in [5, 5.41) is 2.88. The predicted octanol–water partition coefficient (Wildman–Crippen LogP) is 4.04. The third-order valence-electron chi connectivity index (χ3n) is 6.16. The van der Waals surface area contributed by atoms with Crippen LogP contribution < -0.4 is 10.7 Å². The van der Waals surface area contributed by atoms with Gasteiger partial charge in [-0.3, -0.25) is 24.5 Å². The summed E-state index contributed by atoms with van der Waals surface area (Å²) in [6.07, 6.45) is 0.176. The molecular weight excluding hydrogens is 416 g/mol. The minimum absolute atomic E-state index is 0.0305. The summed E-state index contributed by atoms with van der Waals surface area (Å²) >= 11 is 0. The zero-order valence-electron chi connectivity index (χ0n) is 19.0. The Labute approximate surface area is 193 Å². The van der Waals surface area contributed by atoms with Gasteiger partial charge >= 0.3 is 0 Å². The molecule has 2 atom stereocenters. The van der Waals surface area contributed by atoms with Crippen LogP contribution in [0.1, 0.15) is 46.7 Å². The van der Waals surface area contributed by atoms with Crippen molar-refractivity contribution < 1.29 is 14.4 Å². The van der Waals surface area contributed by atoms with E-state index >= 15 is 0 Å². The number of aromatic nitrogens is 1. The molecule has 2 aromatic carbocycles. The third-order valence-corrected chi connectivity index (χ3v) is 6.16. The molecule has 0 bridgehead atoms. The fraction of sp³-hybridized carbons (Fsp3) is 0.269. The third kappa shape index (κ3) is 4.82. The first-order valence-electron chi connectivity index (χ1n) is 11.0. The highest BCUT2D eigenvalue weighted by molar-refractivity contribution is 6.02. The Morgan fingerprint density at radius 1 is 0.970 bits per heavy atom. The van der Waals surface area contributed by atoms with Crippen molar-refractivity contribution in [2.45, 2.75) is 33.2 Å². The number of hydrogen-bond donors (Lipinski definition) is 2. The highest BCUT2D eigenvalue weighted by Crippen LogP contribution is 2.29. The molecule has 33 heavy (non-hydrogen) atoms. The van der Waals surface area contributed by atoms with Gasteiger partial charge in [-0.25, -0.2) is 0 Å². The fourth-order valence-electron chi connectivity index (χ4n) is 4.19. The molecule has 3 aromatic rings. The summed E-state index contributed by atoms with van der Waals surface area (Å²) in [5.41, 5.74) is 6.70. The molecule has 0 unspecified atom stereocenters. The molecule has 7 nitrogen and oxygen atoms in total. The molecule has 3 amide bonds. The van der Waals surface area contributed by atoms with E-state index in [2.05, 4.69) is 10.7 Å². The van der Waals surface area contributed by atoms with E-state index in [1.807, 2.05) is 63.2 Å². The number of carbonyl (C=O) groups is 3. The van der Waals surface area contributed by atoms with Crippen LogP contribution in [0.15, 0.2) is 66.7 Å². The monoisotopic (exact) mass is 444 g/mol. The fourth-order valence-corrected chi connectivity index (χ4v) is 4.19. The van der Waals surface area contributed by atoms with Crippen LogP contribution in [-0.4, -0.2) is 33.8 Å². The second-order valence-corrected chi connectivity index (χ2v) is 8.50. The number of amides is 3. The van der Waals surface area contributed by atoms with Gasteiger partial charge in [-0.2, -0.15) is 0 Å². The molecule has 1 fully saturated rings. The van der Waals surface area contributed by atoms with E-state index in [-0.39, 0.29) is 30.2 Å². The number of carbonyl (C=O) groups excluding carboxylic acids is 3. The van der Waals surface area contributed by atoms with E-state index < -0.39 is 5.92 Å². The molecule has 7 heteroatoms. The van der Waals surface area contributed by atoms with Crippen molar-refractivity contribution in [1.82, 2.24) is 9.58 Å². The summed E-state index contributed by atoms with van der Waals surface area (Å²) in [6, 6.07) is 20.4. The number of anilines is 1. The van der Waals surface area contributed by atoms with Gasteiger partial charge in [0.25, 0.3) is 5.91 Å². The van der Waals surface area contributed by atoms with Gasteiger partial charge in [-0.15, -0.1) is 0 Å². The van der Waals surface area contributed by atoms with Crippen LogP contribution >= 0.6 is 0 Å². The normalized spacial score (nSPS) is 16.5. The van der Waals surface area contributed by atoms with Crippen LogP contribution in [0.5, 0.6) is 0 Å². The van der Waals surface area contributed by atoms with Gasteiger partial charge in [0.2, 0.25) is 11.8 Å². The second kappa shape index (κ2) is 9.32. The molecule has 4 rings (SSSR count). The van der Waals surface area contributed by atoms with E-state index in [9.17, 15) is 14.4 Å². The van der Waals surface area contributed by atoms with Crippen LogP contribution in [0, 0.1) is 19.8 Å². The summed E-state index contributed by atoms with van der Waals surface area (Å²) in [5.74, 6) is -0.961. The number of rotatable bonds is 6. The quantitative estimate of drug-likeness (QED) is 0.602. The van der Waals surface area contributed by atoms with Crippen LogP contribution in [-0.2, 0) is 9.59 Å². The van der Waals surface area contributed by atoms with E-state index in [0.29, 0.717) is 17.8 Å². The molecule has 0 spiro atoms. The van der Waals surface area contributed by atoms with Crippen molar-refractivity contribution in [2.75, 3.05) is 17.3 Å². The van der Waals surface area contributed by atoms with Gasteiger partial charge in [-0.1, -0.05) is 36.4 Å². The molecule has 2 N–H and O–H groups in total. The molecule has 1 aromatic heterocycles. The highest BCUT2D eigenvalue weighted by Gasteiger charge is 2.37. The molecule has 170 valence electrons. The minimum atomic E-state index is -0.439. The molecule has 2 heterocycles. The van der Waals surface area contributed by atoms with Gasteiger partial charge in [0.05, 0.1) is 12.0 Å². The number of benzene rings is 2. The lowest BCUT2D eigenvalue weighted by molar-refractivity contribution is -0.129. The Hall–Kier alpha value is -3.87. The Morgan fingerprint density at radius 2 is 1.67 bits per heavy atom. The maximum Gasteiger partial charge on any atom is 0.270 e. The lowest BCUT2D eigenvalue weighted by Gasteiger charge is -2.25. The lowest BCUT2D eigenvalue weighted by atomic mass is 10.1. The van der Waals surface area contributed by atoms with Crippen LogP contribution in [0.3, 0.4) is 0 Å². The van der Waals surface area contributed by atoms with Crippen molar-refractivity contribution in [3.05, 3.63) is 89.2 Å². The van der Waals surface area contributed by atoms with Crippen LogP contribution in [0.4, 0.5) is 5.69 Å². The largest absolute Gasteiger partial charge is 0.335 e. The maximum absolute atomic E-state index is 12.9. The first-order valence-corrected chi connectivity index (χ1v) is 11.0. The Morgan fingerprint density at radius 3 is 2.36 bits per heavy atom. The molecule has 0 aliphatic carbocycles. The standard InChI is InChI=1S/C26H28N4O3/c1-17-12-13-18(2)30(17)28-26(33)21-10-7-11-23(14-21)27-25(32)22-15-24(31)29(16-22)19(3)20-8-5-4-6-9-20/h4-14,19,22H,15-16H2,1-3H3,(H,27,32)(H,28,33)/t19-,22-/m1/s1. The zero-order valence-corrected chi connectivity index (χ0v) is 19.0. The maximum atomic E-state index is 12.9. The first-order chi connectivity index (χ1) is 15.8. The van der Waals surface area contributed by atoms with Crippen molar-refractivity contribution in [1.29, 1.82) is 0 Å². The van der Waals surface area contributed by atoms with E-state index in [1.165, 1.54) is 0 Å². The molecule has 1 saturated heterocycles. The van der Waals surface area contributed by atoms with Gasteiger partial charge in [-0.05, 0) is 56.7 Å². The molecule has 1 aliphatic heterocycles. The number of likely N-dealkylation sites (tertiary alicyclic amines) is 1. The second-order valence-electron chi connectivity index (χ2n) is 8.50. The van der Waals surface area contributed by atoms with Crippen molar-refractivity contribution in [3.8, 4) is 0 Å². The average Bonchev–Trinajstić information content (AvgIpc) is 3.36. The minimum Gasteiger partial charge on any atom is -0.335 e. The summed E-state index contributed by atoms with van der Waals surface area (Å²) in [7, 11) is 0. The Bertz CT molecular complexity index is 1170. The molecule has 0 radical (unpaired) electrons. The van der Waals surface area contributed by atoms with E-state index in [1.54, 1.807) is 33.8 Å². The van der Waals surface area contributed by atoms with Gasteiger partial charge in [0.1, 0.15) is 0 Å². The summed E-state index contributed by atoms with van der Waals surface area (Å²) in [4.78, 5) is 40.0. The zero-order chi connectivity index (χ0) is 23.5. The average molecular weight is 445 g/mol. The lowest BCUT2D eigenvalue weighted by Crippen LogP contribution is -2.30. The number of aryl methyl sites for hydroxylation is 2. The van der Waals surface area contributed by atoms with Crippen molar-refractivity contribution in [3.63, 3.8) is 0 Å². The Balaban J connectivity index is 1.41. The topological polar surface area (TPSA) is 83.4 Å². The number of hydrogen-bond acceptors (Lipinski definition) is 3. The molecule has 1 aliphatic rings. The Kier molecular flexibility index (Phi) is 6.31. The SMILES string of the molecule is Cc1ccc(C)n1NC(=O)c1cccc(NC(=O)[C@@H]2CC(=O)N([C@H](C)c3ccccc3)C2)c1. The highest BCUT2D eigenvalue weighted by atomic mass is 16.2. The first kappa shape index (κ1) is 22.3. The van der Waals surface area contributed by atoms with Gasteiger partial charge in [0.15, 0.2) is 0 Å². The van der Waals surface area contributed by atoms with Crippen molar-refractivity contribution >= 4 is 23.4 Å². The van der Waals surface area contributed by atoms with Crippen LogP contribution in [0.25, 0.3) is 0 Å². The van der Waals surface area contributed by atoms with Crippen molar-refractivity contribution in [2.24, 2.45) is 5.92 Å². The number of nitrogens with zero attached hydrogens (tertiary/aromatic N) is 2. The smallest absolute Gasteiger partial charge is 0.270 e. The summed E-state index contributed by atoms with van der Waals surface area (Å²) in [6.45, 7) is 6.17. The van der Waals surface area contributed by atoms with Crippen LogP contribution in [0.2, 0.25) is 0 Å². The van der Waals surface area contributed by atoms with E-state index in [4.69, 9.17) is 0 Å². The number of nitrogens with one attached hydrogen (secondary N) is 2. The van der Waals surface area contributed by atoms with Gasteiger partial charge in [0, 0.05) is 35.6 Å². The summed E-state index contributed by atoms with van der Waals surface area (Å²) < 4.78 is 1.72. The molecule has 0 saturated carbocycles. The van der Waals surface area contributed by atoms with Gasteiger partial charge < -0.3 is 10.2 Å².